The van der Waals surface area contributed by atoms with Gasteiger partial charge in [-0.2, -0.15) is 0 Å². The highest BCUT2D eigenvalue weighted by Crippen LogP contribution is 2.23. The minimum Gasteiger partial charge on any atom is -0.452 e. The molecule has 0 aromatic heterocycles. The van der Waals surface area contributed by atoms with Crippen molar-refractivity contribution in [3.63, 3.8) is 0 Å². The topological polar surface area (TPSA) is 55.4 Å². The van der Waals surface area contributed by atoms with Crippen molar-refractivity contribution in [2.75, 3.05) is 11.9 Å². The number of hydrogen-bond acceptors (Lipinski definition) is 3. The van der Waals surface area contributed by atoms with Gasteiger partial charge < -0.3 is 10.1 Å². The number of hydrogen-bond donors (Lipinski definition) is 1. The Kier molecular flexibility index (Phi) is 6.19. The van der Waals surface area contributed by atoms with Gasteiger partial charge in [0.15, 0.2) is 6.61 Å². The van der Waals surface area contributed by atoms with Gasteiger partial charge in [-0.05, 0) is 47.6 Å². The first kappa shape index (κ1) is 19.7. The number of ether oxygens (including phenoxy) is 1. The van der Waals surface area contributed by atoms with Gasteiger partial charge in [0.2, 0.25) is 0 Å². The molecule has 0 saturated carbocycles. The SMILES string of the molecule is CCc1cccc(C)c1NC(=O)COC(=O)c1ccc(C(C)(C)C)cc1. The number of esters is 1. The smallest absolute Gasteiger partial charge is 0.338 e. The number of para-hydroxylation sites is 1. The van der Waals surface area contributed by atoms with Gasteiger partial charge in [-0.1, -0.05) is 58.0 Å². The van der Waals surface area contributed by atoms with Crippen LogP contribution >= 0.6 is 0 Å². The summed E-state index contributed by atoms with van der Waals surface area (Å²) in [5, 5.41) is 2.85. The molecule has 26 heavy (non-hydrogen) atoms. The van der Waals surface area contributed by atoms with E-state index in [-0.39, 0.29) is 17.9 Å². The number of amides is 1. The average molecular weight is 353 g/mol. The molecule has 0 heterocycles. The number of carbonyl (C=O) groups is 2. The van der Waals surface area contributed by atoms with Crippen molar-refractivity contribution in [3.8, 4) is 0 Å². The summed E-state index contributed by atoms with van der Waals surface area (Å²) in [7, 11) is 0. The molecule has 0 saturated heterocycles. The maximum atomic E-state index is 12.2. The lowest BCUT2D eigenvalue weighted by Crippen LogP contribution is -2.22. The Balaban J connectivity index is 1.96. The van der Waals surface area contributed by atoms with Crippen LogP contribution in [0.2, 0.25) is 0 Å². The molecule has 1 N–H and O–H groups in total. The highest BCUT2D eigenvalue weighted by Gasteiger charge is 2.16. The third kappa shape index (κ3) is 4.94. The molecular weight excluding hydrogens is 326 g/mol. The molecule has 2 rings (SSSR count). The molecule has 0 radical (unpaired) electrons. The van der Waals surface area contributed by atoms with Crippen LogP contribution in [0.4, 0.5) is 5.69 Å². The predicted octanol–water partition coefficient (Wildman–Crippen LogP) is 4.65. The molecule has 0 fully saturated rings. The second-order valence-corrected chi connectivity index (χ2v) is 7.41. The summed E-state index contributed by atoms with van der Waals surface area (Å²) in [6.45, 7) is 10.0. The number of anilines is 1. The van der Waals surface area contributed by atoms with Crippen LogP contribution in [0, 0.1) is 6.92 Å². The molecule has 1 amide bonds. The second-order valence-electron chi connectivity index (χ2n) is 7.41. The van der Waals surface area contributed by atoms with Gasteiger partial charge in [0.05, 0.1) is 5.56 Å². The zero-order valence-electron chi connectivity index (χ0n) is 16.2. The van der Waals surface area contributed by atoms with E-state index >= 15 is 0 Å². The first-order valence-corrected chi connectivity index (χ1v) is 8.88. The van der Waals surface area contributed by atoms with Crippen LogP contribution in [-0.4, -0.2) is 18.5 Å². The molecule has 0 atom stereocenters. The summed E-state index contributed by atoms with van der Waals surface area (Å²) in [6.07, 6.45) is 0.817. The van der Waals surface area contributed by atoms with Gasteiger partial charge in [-0.3, -0.25) is 4.79 Å². The third-order valence-electron chi connectivity index (χ3n) is 4.33. The fraction of sp³-hybridized carbons (Fsp3) is 0.364. The zero-order valence-corrected chi connectivity index (χ0v) is 16.2. The van der Waals surface area contributed by atoms with Crippen molar-refractivity contribution < 1.29 is 14.3 Å². The van der Waals surface area contributed by atoms with E-state index in [0.29, 0.717) is 5.56 Å². The van der Waals surface area contributed by atoms with Crippen LogP contribution in [-0.2, 0) is 21.4 Å². The van der Waals surface area contributed by atoms with E-state index in [9.17, 15) is 9.59 Å². The second kappa shape index (κ2) is 8.17. The van der Waals surface area contributed by atoms with Gasteiger partial charge in [0, 0.05) is 5.69 Å². The number of rotatable bonds is 5. The number of benzene rings is 2. The largest absolute Gasteiger partial charge is 0.452 e. The van der Waals surface area contributed by atoms with Crippen molar-refractivity contribution >= 4 is 17.6 Å². The maximum Gasteiger partial charge on any atom is 0.338 e. The first-order chi connectivity index (χ1) is 12.2. The van der Waals surface area contributed by atoms with Crippen LogP contribution in [0.5, 0.6) is 0 Å². The van der Waals surface area contributed by atoms with E-state index < -0.39 is 5.97 Å². The molecule has 0 aliphatic rings. The summed E-state index contributed by atoms with van der Waals surface area (Å²) >= 11 is 0. The molecular formula is C22H27NO3. The minimum absolute atomic E-state index is 0.0207. The normalized spacial score (nSPS) is 11.1. The van der Waals surface area contributed by atoms with E-state index in [1.54, 1.807) is 12.1 Å². The number of carbonyl (C=O) groups excluding carboxylic acids is 2. The van der Waals surface area contributed by atoms with E-state index in [2.05, 4.69) is 26.1 Å². The predicted molar refractivity (Wildman–Crippen MR) is 105 cm³/mol. The molecule has 0 aliphatic heterocycles. The van der Waals surface area contributed by atoms with Crippen LogP contribution < -0.4 is 5.32 Å². The van der Waals surface area contributed by atoms with Gasteiger partial charge in [-0.15, -0.1) is 0 Å². The van der Waals surface area contributed by atoms with E-state index in [1.165, 1.54) is 0 Å². The lowest BCUT2D eigenvalue weighted by Gasteiger charge is -2.19. The van der Waals surface area contributed by atoms with Gasteiger partial charge in [0.25, 0.3) is 5.91 Å². The zero-order chi connectivity index (χ0) is 19.3. The Morgan fingerprint density at radius 2 is 1.69 bits per heavy atom. The lowest BCUT2D eigenvalue weighted by molar-refractivity contribution is -0.119. The maximum absolute atomic E-state index is 12.2. The quantitative estimate of drug-likeness (QED) is 0.796. The van der Waals surface area contributed by atoms with E-state index in [1.807, 2.05) is 44.2 Å². The Hall–Kier alpha value is -2.62. The van der Waals surface area contributed by atoms with Gasteiger partial charge in [-0.25, -0.2) is 4.79 Å². The standard InChI is InChI=1S/C22H27NO3/c1-6-16-9-7-8-15(2)20(16)23-19(24)14-26-21(25)17-10-12-18(13-11-17)22(3,4)5/h7-13H,6,14H2,1-5H3,(H,23,24). The molecule has 0 unspecified atom stereocenters. The molecule has 0 aliphatic carbocycles. The fourth-order valence-electron chi connectivity index (χ4n) is 2.70. The highest BCUT2D eigenvalue weighted by atomic mass is 16.5. The lowest BCUT2D eigenvalue weighted by atomic mass is 9.87. The molecule has 0 bridgehead atoms. The first-order valence-electron chi connectivity index (χ1n) is 8.88. The number of aryl methyl sites for hydroxylation is 2. The molecule has 2 aromatic rings. The van der Waals surface area contributed by atoms with Crippen molar-refractivity contribution in [3.05, 3.63) is 64.7 Å². The summed E-state index contributed by atoms with van der Waals surface area (Å²) in [5.74, 6) is -0.838. The highest BCUT2D eigenvalue weighted by molar-refractivity contribution is 5.96. The van der Waals surface area contributed by atoms with Crippen molar-refractivity contribution in [1.82, 2.24) is 0 Å². The summed E-state index contributed by atoms with van der Waals surface area (Å²) in [4.78, 5) is 24.3. The molecule has 138 valence electrons. The minimum atomic E-state index is -0.499. The van der Waals surface area contributed by atoms with E-state index in [4.69, 9.17) is 4.74 Å². The van der Waals surface area contributed by atoms with Crippen molar-refractivity contribution in [2.24, 2.45) is 0 Å². The van der Waals surface area contributed by atoms with Crippen LogP contribution in [0.25, 0.3) is 0 Å². The summed E-state index contributed by atoms with van der Waals surface area (Å²) in [5.41, 5.74) is 4.44. The number of nitrogens with one attached hydrogen (secondary N) is 1. The molecule has 2 aromatic carbocycles. The average Bonchev–Trinajstić information content (AvgIpc) is 2.60. The van der Waals surface area contributed by atoms with Gasteiger partial charge in [0.1, 0.15) is 0 Å². The molecule has 4 heteroatoms. The molecule has 0 spiro atoms. The fourth-order valence-corrected chi connectivity index (χ4v) is 2.70. The van der Waals surface area contributed by atoms with Crippen LogP contribution in [0.3, 0.4) is 0 Å². The summed E-state index contributed by atoms with van der Waals surface area (Å²) in [6, 6.07) is 13.2. The molecule has 4 nitrogen and oxygen atoms in total. The van der Waals surface area contributed by atoms with Crippen LogP contribution in [0.1, 0.15) is 54.7 Å². The Morgan fingerprint density at radius 1 is 1.04 bits per heavy atom. The Bertz CT molecular complexity index is 786. The Labute approximate surface area is 155 Å². The van der Waals surface area contributed by atoms with Crippen molar-refractivity contribution in [1.29, 1.82) is 0 Å². The third-order valence-corrected chi connectivity index (χ3v) is 4.33. The summed E-state index contributed by atoms with van der Waals surface area (Å²) < 4.78 is 5.15. The van der Waals surface area contributed by atoms with Crippen molar-refractivity contribution in [2.45, 2.75) is 46.5 Å². The van der Waals surface area contributed by atoms with Crippen LogP contribution in [0.15, 0.2) is 42.5 Å². The van der Waals surface area contributed by atoms with Gasteiger partial charge >= 0.3 is 5.97 Å². The van der Waals surface area contributed by atoms with E-state index in [0.717, 1.165) is 28.8 Å². The monoisotopic (exact) mass is 353 g/mol. The Morgan fingerprint density at radius 3 is 2.27 bits per heavy atom.